The van der Waals surface area contributed by atoms with Gasteiger partial charge in [-0.2, -0.15) is 0 Å². The zero-order chi connectivity index (χ0) is 13.0. The maximum Gasteiger partial charge on any atom is 0.265 e. The smallest absolute Gasteiger partial charge is 0.265 e. The van der Waals surface area contributed by atoms with Crippen LogP contribution in [0.1, 0.15) is 10.4 Å². The number of thiophene rings is 1. The molecule has 0 aliphatic rings. The van der Waals surface area contributed by atoms with Crippen LogP contribution < -0.4 is 11.1 Å². The molecule has 0 amide bonds. The van der Waals surface area contributed by atoms with Gasteiger partial charge in [0.05, 0.1) is 6.54 Å². The average molecular weight is 262 g/mol. The first-order valence-electron chi connectivity index (χ1n) is 5.17. The highest BCUT2D eigenvalue weighted by molar-refractivity contribution is 7.10. The molecule has 0 unspecified atom stereocenters. The van der Waals surface area contributed by atoms with Crippen LogP contribution in [0.15, 0.2) is 33.2 Å². The second kappa shape index (κ2) is 5.49. The molecule has 0 saturated carbocycles. The van der Waals surface area contributed by atoms with Crippen LogP contribution in [0.5, 0.6) is 0 Å². The summed E-state index contributed by atoms with van der Waals surface area (Å²) >= 11 is 1.44. The van der Waals surface area contributed by atoms with E-state index in [-0.39, 0.29) is 24.3 Å². The summed E-state index contributed by atoms with van der Waals surface area (Å²) in [6.07, 6.45) is 0. The van der Waals surface area contributed by atoms with Gasteiger partial charge in [0.2, 0.25) is 0 Å². The first-order valence-corrected chi connectivity index (χ1v) is 6.05. The number of aliphatic hydroxyl groups is 1. The SMILES string of the molecule is O=c1ccc(=O)n(Cc2sccc2C#CCO)[nH]1. The molecule has 0 atom stereocenters. The molecular formula is C12H10N2O3S. The van der Waals surface area contributed by atoms with Gasteiger partial charge in [-0.05, 0) is 11.4 Å². The van der Waals surface area contributed by atoms with Crippen molar-refractivity contribution in [3.05, 3.63) is 54.7 Å². The quantitative estimate of drug-likeness (QED) is 0.747. The number of hydrogen-bond acceptors (Lipinski definition) is 4. The van der Waals surface area contributed by atoms with Crippen molar-refractivity contribution in [2.45, 2.75) is 6.54 Å². The molecule has 0 radical (unpaired) electrons. The van der Waals surface area contributed by atoms with E-state index in [1.807, 2.05) is 11.4 Å². The second-order valence-corrected chi connectivity index (χ2v) is 4.45. The Bertz CT molecular complexity index is 715. The standard InChI is InChI=1S/C12H10N2O3S/c15-6-1-2-9-5-7-18-10(9)8-14-12(17)4-3-11(16)13-14/h3-5,7,15H,6,8H2,(H,13,16). The number of rotatable bonds is 2. The molecule has 18 heavy (non-hydrogen) atoms. The third kappa shape index (κ3) is 2.77. The molecule has 92 valence electrons. The molecule has 0 aliphatic heterocycles. The van der Waals surface area contributed by atoms with Crippen molar-refractivity contribution in [3.63, 3.8) is 0 Å². The summed E-state index contributed by atoms with van der Waals surface area (Å²) in [6, 6.07) is 4.24. The van der Waals surface area contributed by atoms with Gasteiger partial charge in [-0.25, -0.2) is 4.68 Å². The first-order chi connectivity index (χ1) is 8.70. The molecule has 2 aromatic rings. The van der Waals surface area contributed by atoms with Gasteiger partial charge in [-0.3, -0.25) is 14.7 Å². The molecule has 0 fully saturated rings. The Morgan fingerprint density at radius 1 is 1.33 bits per heavy atom. The molecule has 2 heterocycles. The zero-order valence-electron chi connectivity index (χ0n) is 9.34. The molecule has 0 aliphatic carbocycles. The summed E-state index contributed by atoms with van der Waals surface area (Å²) in [5.41, 5.74) is 0.156. The van der Waals surface area contributed by atoms with E-state index < -0.39 is 0 Å². The van der Waals surface area contributed by atoms with Crippen molar-refractivity contribution in [1.29, 1.82) is 0 Å². The summed E-state index contributed by atoms with van der Waals surface area (Å²) in [4.78, 5) is 23.6. The van der Waals surface area contributed by atoms with Crippen LogP contribution in [0.25, 0.3) is 0 Å². The van der Waals surface area contributed by atoms with Gasteiger partial charge in [0, 0.05) is 22.6 Å². The summed E-state index contributed by atoms with van der Waals surface area (Å²) in [5.74, 6) is 5.36. The lowest BCUT2D eigenvalue weighted by molar-refractivity contribution is 0.350. The Hall–Kier alpha value is -2.10. The number of nitrogens with zero attached hydrogens (tertiary/aromatic N) is 1. The Labute approximate surface area is 106 Å². The van der Waals surface area contributed by atoms with Crippen LogP contribution in [0, 0.1) is 11.8 Å². The highest BCUT2D eigenvalue weighted by Gasteiger charge is 2.04. The highest BCUT2D eigenvalue weighted by Crippen LogP contribution is 2.16. The van der Waals surface area contributed by atoms with Gasteiger partial charge in [0.1, 0.15) is 6.61 Å². The van der Waals surface area contributed by atoms with E-state index >= 15 is 0 Å². The van der Waals surface area contributed by atoms with Crippen molar-refractivity contribution in [2.24, 2.45) is 0 Å². The largest absolute Gasteiger partial charge is 0.384 e. The predicted octanol–water partition coefficient (Wildman–Crippen LogP) is -0.00980. The van der Waals surface area contributed by atoms with Crippen molar-refractivity contribution in [3.8, 4) is 11.8 Å². The van der Waals surface area contributed by atoms with Crippen LogP contribution in [0.4, 0.5) is 0 Å². The van der Waals surface area contributed by atoms with Gasteiger partial charge in [-0.1, -0.05) is 11.8 Å². The Morgan fingerprint density at radius 2 is 2.17 bits per heavy atom. The second-order valence-electron chi connectivity index (χ2n) is 3.45. The molecule has 0 saturated heterocycles. The minimum atomic E-state index is -0.325. The maximum atomic E-state index is 11.5. The molecule has 2 rings (SSSR count). The lowest BCUT2D eigenvalue weighted by Crippen LogP contribution is -2.28. The molecule has 5 nitrogen and oxygen atoms in total. The topological polar surface area (TPSA) is 75.1 Å². The average Bonchev–Trinajstić information content (AvgIpc) is 2.79. The monoisotopic (exact) mass is 262 g/mol. The van der Waals surface area contributed by atoms with Crippen molar-refractivity contribution < 1.29 is 5.11 Å². The number of hydrogen-bond donors (Lipinski definition) is 2. The molecule has 0 spiro atoms. The summed E-state index contributed by atoms with van der Waals surface area (Å²) in [6.45, 7) is 0.0550. The number of H-pyrrole nitrogens is 1. The van der Waals surface area contributed by atoms with Crippen molar-refractivity contribution in [1.82, 2.24) is 9.78 Å². The molecule has 2 N–H and O–H groups in total. The number of aromatic amines is 1. The summed E-state index contributed by atoms with van der Waals surface area (Å²) < 4.78 is 1.23. The zero-order valence-corrected chi connectivity index (χ0v) is 10.2. The van der Waals surface area contributed by atoms with Crippen LogP contribution in [0.3, 0.4) is 0 Å². The fourth-order valence-electron chi connectivity index (χ4n) is 1.43. The van der Waals surface area contributed by atoms with E-state index in [0.717, 1.165) is 10.4 Å². The van der Waals surface area contributed by atoms with Gasteiger partial charge in [0.25, 0.3) is 11.1 Å². The van der Waals surface area contributed by atoms with Crippen LogP contribution in [-0.2, 0) is 6.54 Å². The third-order valence-electron chi connectivity index (χ3n) is 2.24. The van der Waals surface area contributed by atoms with Crippen LogP contribution >= 0.6 is 11.3 Å². The fourth-order valence-corrected chi connectivity index (χ4v) is 2.25. The molecule has 0 bridgehead atoms. The third-order valence-corrected chi connectivity index (χ3v) is 3.14. The molecular weight excluding hydrogens is 252 g/mol. The first kappa shape index (κ1) is 12.4. The molecule has 2 aromatic heterocycles. The maximum absolute atomic E-state index is 11.5. The lowest BCUT2D eigenvalue weighted by atomic mass is 10.2. The Kier molecular flexibility index (Phi) is 3.77. The van der Waals surface area contributed by atoms with E-state index in [9.17, 15) is 9.59 Å². The minimum absolute atomic E-state index is 0.211. The summed E-state index contributed by atoms with van der Waals surface area (Å²) in [5, 5.41) is 13.0. The van der Waals surface area contributed by atoms with Gasteiger partial charge in [-0.15, -0.1) is 11.3 Å². The van der Waals surface area contributed by atoms with E-state index in [4.69, 9.17) is 5.11 Å². The van der Waals surface area contributed by atoms with E-state index in [1.165, 1.54) is 28.2 Å². The number of aliphatic hydroxyl groups excluding tert-OH is 1. The van der Waals surface area contributed by atoms with E-state index in [2.05, 4.69) is 16.9 Å². The number of nitrogens with one attached hydrogen (secondary N) is 1. The Balaban J connectivity index is 2.35. The van der Waals surface area contributed by atoms with E-state index in [1.54, 1.807) is 0 Å². The highest BCUT2D eigenvalue weighted by atomic mass is 32.1. The van der Waals surface area contributed by atoms with Crippen LogP contribution in [0.2, 0.25) is 0 Å². The minimum Gasteiger partial charge on any atom is -0.384 e. The van der Waals surface area contributed by atoms with Gasteiger partial charge in [0.15, 0.2) is 0 Å². The van der Waals surface area contributed by atoms with Crippen molar-refractivity contribution in [2.75, 3.05) is 6.61 Å². The lowest BCUT2D eigenvalue weighted by Gasteiger charge is -2.03. The predicted molar refractivity (Wildman–Crippen MR) is 68.7 cm³/mol. The van der Waals surface area contributed by atoms with Gasteiger partial charge < -0.3 is 5.11 Å². The van der Waals surface area contributed by atoms with Crippen LogP contribution in [-0.4, -0.2) is 21.5 Å². The molecule has 0 aromatic carbocycles. The molecule has 6 heteroatoms. The Morgan fingerprint density at radius 3 is 2.94 bits per heavy atom. The van der Waals surface area contributed by atoms with Crippen molar-refractivity contribution >= 4 is 11.3 Å². The fraction of sp³-hybridized carbons (Fsp3) is 0.167. The normalized spacial score (nSPS) is 9.83. The number of aromatic nitrogens is 2. The van der Waals surface area contributed by atoms with Gasteiger partial charge >= 0.3 is 0 Å². The summed E-state index contributed by atoms with van der Waals surface area (Å²) in [7, 11) is 0. The van der Waals surface area contributed by atoms with E-state index in [0.29, 0.717) is 0 Å².